The fourth-order valence-electron chi connectivity index (χ4n) is 5.92. The Hall–Kier alpha value is -3.68. The van der Waals surface area contributed by atoms with Gasteiger partial charge in [-0.05, 0) is 77.6 Å². The van der Waals surface area contributed by atoms with Gasteiger partial charge >= 0.3 is 0 Å². The fraction of sp³-hybridized carbons (Fsp3) is 0.333. The third-order valence-corrected chi connectivity index (χ3v) is 7.81. The van der Waals surface area contributed by atoms with E-state index >= 15 is 0 Å². The number of rotatable bonds is 7. The van der Waals surface area contributed by atoms with Gasteiger partial charge in [-0.2, -0.15) is 0 Å². The van der Waals surface area contributed by atoms with Crippen LogP contribution in [0.1, 0.15) is 34.0 Å². The van der Waals surface area contributed by atoms with Crippen molar-refractivity contribution in [2.75, 3.05) is 27.9 Å². The van der Waals surface area contributed by atoms with Crippen molar-refractivity contribution in [3.63, 3.8) is 0 Å². The number of aromatic nitrogens is 1. The van der Waals surface area contributed by atoms with Gasteiger partial charge < -0.3 is 28.6 Å². The molecule has 3 heterocycles. The molecule has 1 aromatic heterocycles. The highest BCUT2D eigenvalue weighted by molar-refractivity contribution is 5.87. The molecule has 0 fully saturated rings. The number of fused-ring (bicyclic) bond motifs is 6. The van der Waals surface area contributed by atoms with Gasteiger partial charge in [0.05, 0.1) is 26.8 Å². The number of ether oxygens (including phenoxy) is 4. The smallest absolute Gasteiger partial charge is 0.161 e. The van der Waals surface area contributed by atoms with Crippen LogP contribution in [0.15, 0.2) is 54.6 Å². The van der Waals surface area contributed by atoms with Crippen LogP contribution in [0.25, 0.3) is 10.9 Å². The van der Waals surface area contributed by atoms with Crippen molar-refractivity contribution in [2.45, 2.75) is 38.8 Å². The standard InChI is InChI=1S/C30H32N2O5/c1-34-21-6-4-5-19(11-21)17-37-30-12-20-9-10-31-16-28-25(14-27(31)23(20)15-29(30)36-3)24-13-22(35-2)7-8-26(24)32(28)18-33/h4-8,11-13,15,27,33H,9-10,14,16-18H2,1-3H3. The lowest BCUT2D eigenvalue weighted by molar-refractivity contribution is 0.145. The number of hydrogen-bond acceptors (Lipinski definition) is 6. The summed E-state index contributed by atoms with van der Waals surface area (Å²) < 4.78 is 24.9. The van der Waals surface area contributed by atoms with Gasteiger partial charge in [-0.1, -0.05) is 12.1 Å². The Morgan fingerprint density at radius 2 is 1.76 bits per heavy atom. The monoisotopic (exact) mass is 500 g/mol. The second kappa shape index (κ2) is 9.65. The maximum Gasteiger partial charge on any atom is 0.161 e. The molecule has 0 saturated carbocycles. The Bertz CT molecular complexity index is 1460. The van der Waals surface area contributed by atoms with Crippen LogP contribution in [-0.2, 0) is 32.7 Å². The summed E-state index contributed by atoms with van der Waals surface area (Å²) in [4.78, 5) is 2.52. The maximum atomic E-state index is 10.2. The minimum Gasteiger partial charge on any atom is -0.497 e. The van der Waals surface area contributed by atoms with Crippen molar-refractivity contribution in [2.24, 2.45) is 0 Å². The van der Waals surface area contributed by atoms with Gasteiger partial charge in [-0.25, -0.2) is 0 Å². The fourth-order valence-corrected chi connectivity index (χ4v) is 5.92. The number of nitrogens with zero attached hydrogens (tertiary/aromatic N) is 2. The Kier molecular flexibility index (Phi) is 6.18. The predicted molar refractivity (Wildman–Crippen MR) is 142 cm³/mol. The van der Waals surface area contributed by atoms with Gasteiger partial charge in [0.2, 0.25) is 0 Å². The van der Waals surface area contributed by atoms with E-state index in [0.29, 0.717) is 6.61 Å². The molecule has 7 heteroatoms. The van der Waals surface area contributed by atoms with Crippen LogP contribution in [0.3, 0.4) is 0 Å². The Labute approximate surface area is 216 Å². The molecule has 2 aliphatic heterocycles. The minimum absolute atomic E-state index is 0.0327. The lowest BCUT2D eigenvalue weighted by atomic mass is 9.85. The summed E-state index contributed by atoms with van der Waals surface area (Å²) in [7, 11) is 5.05. The first kappa shape index (κ1) is 23.7. The minimum atomic E-state index is -0.0327. The number of hydrogen-bond donors (Lipinski definition) is 1. The first-order valence-corrected chi connectivity index (χ1v) is 12.6. The van der Waals surface area contributed by atoms with Crippen LogP contribution in [-0.4, -0.2) is 42.4 Å². The molecule has 6 rings (SSSR count). The van der Waals surface area contributed by atoms with Crippen LogP contribution >= 0.6 is 0 Å². The summed E-state index contributed by atoms with van der Waals surface area (Å²) in [6.07, 6.45) is 1.81. The van der Waals surface area contributed by atoms with E-state index in [1.54, 1.807) is 21.3 Å². The zero-order valence-corrected chi connectivity index (χ0v) is 21.5. The number of methoxy groups -OCH3 is 3. The van der Waals surface area contributed by atoms with E-state index in [9.17, 15) is 5.11 Å². The number of benzene rings is 3. The highest BCUT2D eigenvalue weighted by Crippen LogP contribution is 2.45. The number of aliphatic hydroxyl groups excluding tert-OH is 1. The van der Waals surface area contributed by atoms with Crippen LogP contribution in [0.4, 0.5) is 0 Å². The van der Waals surface area contributed by atoms with Crippen molar-refractivity contribution in [1.29, 1.82) is 0 Å². The molecule has 0 spiro atoms. The summed E-state index contributed by atoms with van der Waals surface area (Å²) >= 11 is 0. The van der Waals surface area contributed by atoms with E-state index in [-0.39, 0.29) is 12.8 Å². The third kappa shape index (κ3) is 4.08. The molecule has 37 heavy (non-hydrogen) atoms. The molecule has 0 amide bonds. The van der Waals surface area contributed by atoms with Crippen LogP contribution in [0.5, 0.6) is 23.0 Å². The summed E-state index contributed by atoms with van der Waals surface area (Å²) in [6, 6.07) is 18.6. The van der Waals surface area contributed by atoms with E-state index in [1.807, 2.05) is 41.0 Å². The van der Waals surface area contributed by atoms with E-state index in [1.165, 1.54) is 22.4 Å². The second-order valence-electron chi connectivity index (χ2n) is 9.66. The topological polar surface area (TPSA) is 65.3 Å². The quantitative estimate of drug-likeness (QED) is 0.391. The van der Waals surface area contributed by atoms with Crippen molar-refractivity contribution in [3.05, 3.63) is 82.5 Å². The predicted octanol–water partition coefficient (Wildman–Crippen LogP) is 4.85. The summed E-state index contributed by atoms with van der Waals surface area (Å²) in [5, 5.41) is 11.4. The first-order valence-electron chi connectivity index (χ1n) is 12.6. The molecule has 1 N–H and O–H groups in total. The molecular formula is C30H32N2O5. The molecule has 4 aromatic rings. The molecule has 0 saturated heterocycles. The molecule has 0 bridgehead atoms. The Balaban J connectivity index is 1.34. The normalized spacial score (nSPS) is 16.6. The molecule has 3 aromatic carbocycles. The average molecular weight is 501 g/mol. The second-order valence-corrected chi connectivity index (χ2v) is 9.66. The van der Waals surface area contributed by atoms with Gasteiger partial charge in [0.25, 0.3) is 0 Å². The maximum absolute atomic E-state index is 10.2. The van der Waals surface area contributed by atoms with Crippen molar-refractivity contribution >= 4 is 10.9 Å². The largest absolute Gasteiger partial charge is 0.497 e. The zero-order chi connectivity index (χ0) is 25.5. The molecular weight excluding hydrogens is 468 g/mol. The molecule has 0 aliphatic carbocycles. The average Bonchev–Trinajstić information content (AvgIpc) is 3.26. The highest BCUT2D eigenvalue weighted by Gasteiger charge is 2.36. The molecule has 7 nitrogen and oxygen atoms in total. The van der Waals surface area contributed by atoms with E-state index in [2.05, 4.69) is 23.1 Å². The number of aliphatic hydroxyl groups is 1. The Morgan fingerprint density at radius 3 is 2.54 bits per heavy atom. The summed E-state index contributed by atoms with van der Waals surface area (Å²) in [6.45, 7) is 2.16. The van der Waals surface area contributed by atoms with Crippen molar-refractivity contribution < 1.29 is 24.1 Å². The van der Waals surface area contributed by atoms with Gasteiger partial charge in [-0.3, -0.25) is 4.90 Å². The lowest BCUT2D eigenvalue weighted by Crippen LogP contribution is -2.39. The van der Waals surface area contributed by atoms with Crippen LogP contribution < -0.4 is 18.9 Å². The van der Waals surface area contributed by atoms with Gasteiger partial charge in [0, 0.05) is 30.2 Å². The summed E-state index contributed by atoms with van der Waals surface area (Å²) in [5.74, 6) is 3.15. The van der Waals surface area contributed by atoms with Crippen LogP contribution in [0.2, 0.25) is 0 Å². The van der Waals surface area contributed by atoms with E-state index in [0.717, 1.165) is 65.4 Å². The van der Waals surface area contributed by atoms with Crippen molar-refractivity contribution in [1.82, 2.24) is 9.47 Å². The van der Waals surface area contributed by atoms with E-state index < -0.39 is 0 Å². The highest BCUT2D eigenvalue weighted by atomic mass is 16.5. The van der Waals surface area contributed by atoms with Gasteiger partial charge in [-0.15, -0.1) is 0 Å². The lowest BCUT2D eigenvalue weighted by Gasteiger charge is -2.41. The van der Waals surface area contributed by atoms with Gasteiger partial charge in [0.1, 0.15) is 24.8 Å². The molecule has 1 atom stereocenters. The molecule has 2 aliphatic rings. The molecule has 0 radical (unpaired) electrons. The van der Waals surface area contributed by atoms with Crippen molar-refractivity contribution in [3.8, 4) is 23.0 Å². The first-order chi connectivity index (χ1) is 18.1. The SMILES string of the molecule is COc1cccc(COc2cc3c(cc2OC)C2Cc4c(n(CO)c5ccc(OC)cc45)CN2CC3)c1. The third-order valence-electron chi connectivity index (χ3n) is 7.81. The zero-order valence-electron chi connectivity index (χ0n) is 21.5. The van der Waals surface area contributed by atoms with E-state index in [4.69, 9.17) is 18.9 Å². The van der Waals surface area contributed by atoms with Crippen LogP contribution in [0, 0.1) is 0 Å². The summed E-state index contributed by atoms with van der Waals surface area (Å²) in [5.41, 5.74) is 7.16. The van der Waals surface area contributed by atoms with Gasteiger partial charge in [0.15, 0.2) is 11.5 Å². The molecule has 192 valence electrons. The molecule has 1 unspecified atom stereocenters. The Morgan fingerprint density at radius 1 is 0.919 bits per heavy atom.